The Balaban J connectivity index is 2.50. The predicted molar refractivity (Wildman–Crippen MR) is 67.7 cm³/mol. The van der Waals surface area contributed by atoms with Crippen LogP contribution in [0.25, 0.3) is 0 Å². The van der Waals surface area contributed by atoms with Crippen molar-refractivity contribution in [2.45, 2.75) is 64.2 Å². The molecule has 2 N–H and O–H groups in total. The Morgan fingerprint density at radius 2 is 1.84 bits per heavy atom. The SMILES string of the molecule is CCC(C)(CC)NC(=O)C1CCC(C(F)(F)F)CN1. The minimum atomic E-state index is -4.17. The molecule has 1 amide bonds. The molecule has 1 heterocycles. The highest BCUT2D eigenvalue weighted by Gasteiger charge is 2.42. The first-order valence-corrected chi connectivity index (χ1v) is 6.84. The van der Waals surface area contributed by atoms with Gasteiger partial charge in [0.25, 0.3) is 0 Å². The lowest BCUT2D eigenvalue weighted by molar-refractivity contribution is -0.180. The Hall–Kier alpha value is -0.780. The van der Waals surface area contributed by atoms with Crippen molar-refractivity contribution in [1.29, 1.82) is 0 Å². The van der Waals surface area contributed by atoms with Gasteiger partial charge in [-0.15, -0.1) is 0 Å². The van der Waals surface area contributed by atoms with E-state index in [2.05, 4.69) is 10.6 Å². The molecule has 0 aromatic heterocycles. The van der Waals surface area contributed by atoms with Gasteiger partial charge in [0.05, 0.1) is 12.0 Å². The van der Waals surface area contributed by atoms with Crippen LogP contribution in [0.3, 0.4) is 0 Å². The van der Waals surface area contributed by atoms with Crippen LogP contribution in [0.2, 0.25) is 0 Å². The van der Waals surface area contributed by atoms with Crippen molar-refractivity contribution in [1.82, 2.24) is 10.6 Å². The van der Waals surface area contributed by atoms with Gasteiger partial charge in [0.15, 0.2) is 0 Å². The number of rotatable bonds is 4. The van der Waals surface area contributed by atoms with Gasteiger partial charge in [0.2, 0.25) is 5.91 Å². The molecule has 1 saturated heterocycles. The number of halogens is 3. The predicted octanol–water partition coefficient (Wildman–Crippen LogP) is 2.61. The Bertz CT molecular complexity index is 306. The molecule has 1 fully saturated rings. The van der Waals surface area contributed by atoms with E-state index < -0.39 is 18.1 Å². The average Bonchev–Trinajstić information content (AvgIpc) is 2.37. The molecular weight excluding hydrogens is 257 g/mol. The summed E-state index contributed by atoms with van der Waals surface area (Å²) in [6.07, 6.45) is -2.32. The third kappa shape index (κ3) is 4.37. The van der Waals surface area contributed by atoms with Crippen molar-refractivity contribution in [2.24, 2.45) is 5.92 Å². The summed E-state index contributed by atoms with van der Waals surface area (Å²) in [5.41, 5.74) is -0.278. The molecule has 3 nitrogen and oxygen atoms in total. The van der Waals surface area contributed by atoms with Crippen LogP contribution < -0.4 is 10.6 Å². The number of carbonyl (C=O) groups is 1. The lowest BCUT2D eigenvalue weighted by Crippen LogP contribution is -2.56. The second-order valence-corrected chi connectivity index (χ2v) is 5.53. The Kier molecular flexibility index (Phi) is 5.24. The van der Waals surface area contributed by atoms with E-state index in [9.17, 15) is 18.0 Å². The van der Waals surface area contributed by atoms with Crippen LogP contribution in [-0.4, -0.2) is 30.2 Å². The van der Waals surface area contributed by atoms with Crippen molar-refractivity contribution >= 4 is 5.91 Å². The zero-order valence-corrected chi connectivity index (χ0v) is 11.7. The lowest BCUT2D eigenvalue weighted by Gasteiger charge is -2.34. The normalized spacial score (nSPS) is 25.2. The van der Waals surface area contributed by atoms with Gasteiger partial charge < -0.3 is 10.6 Å². The maximum atomic E-state index is 12.5. The van der Waals surface area contributed by atoms with Crippen LogP contribution in [0.15, 0.2) is 0 Å². The van der Waals surface area contributed by atoms with Gasteiger partial charge in [-0.25, -0.2) is 0 Å². The Morgan fingerprint density at radius 3 is 2.21 bits per heavy atom. The number of alkyl halides is 3. The summed E-state index contributed by atoms with van der Waals surface area (Å²) in [5, 5.41) is 5.65. The summed E-state index contributed by atoms with van der Waals surface area (Å²) in [4.78, 5) is 12.0. The van der Waals surface area contributed by atoms with E-state index in [4.69, 9.17) is 0 Å². The number of carbonyl (C=O) groups excluding carboxylic acids is 1. The quantitative estimate of drug-likeness (QED) is 0.831. The first-order chi connectivity index (χ1) is 8.72. The third-order valence-electron chi connectivity index (χ3n) is 4.18. The number of piperidine rings is 1. The molecular formula is C13H23F3N2O. The van der Waals surface area contributed by atoms with Gasteiger partial charge in [-0.3, -0.25) is 4.79 Å². The fourth-order valence-electron chi connectivity index (χ4n) is 2.17. The monoisotopic (exact) mass is 280 g/mol. The number of hydrogen-bond acceptors (Lipinski definition) is 2. The molecule has 0 aliphatic carbocycles. The summed E-state index contributed by atoms with van der Waals surface area (Å²) in [6.45, 7) is 5.75. The zero-order valence-electron chi connectivity index (χ0n) is 11.7. The second kappa shape index (κ2) is 6.11. The molecule has 0 spiro atoms. The van der Waals surface area contributed by atoms with Crippen LogP contribution in [0.4, 0.5) is 13.2 Å². The van der Waals surface area contributed by atoms with Gasteiger partial charge >= 0.3 is 6.18 Å². The van der Waals surface area contributed by atoms with Crippen molar-refractivity contribution in [2.75, 3.05) is 6.54 Å². The third-order valence-corrected chi connectivity index (χ3v) is 4.18. The van der Waals surface area contributed by atoms with Gasteiger partial charge in [0.1, 0.15) is 0 Å². The van der Waals surface area contributed by atoms with E-state index in [0.717, 1.165) is 12.8 Å². The smallest absolute Gasteiger partial charge is 0.350 e. The molecule has 6 heteroatoms. The van der Waals surface area contributed by atoms with Gasteiger partial charge in [-0.2, -0.15) is 13.2 Å². The first-order valence-electron chi connectivity index (χ1n) is 6.84. The van der Waals surface area contributed by atoms with Crippen LogP contribution in [0, 0.1) is 5.92 Å². The van der Waals surface area contributed by atoms with E-state index in [1.165, 1.54) is 0 Å². The molecule has 0 bridgehead atoms. The molecule has 2 atom stereocenters. The minimum absolute atomic E-state index is 0.0174. The summed E-state index contributed by atoms with van der Waals surface area (Å²) in [6, 6.07) is -0.504. The molecule has 0 aromatic carbocycles. The fraction of sp³-hybridized carbons (Fsp3) is 0.923. The number of hydrogen-bond donors (Lipinski definition) is 2. The van der Waals surface area contributed by atoms with Crippen molar-refractivity contribution in [3.63, 3.8) is 0 Å². The topological polar surface area (TPSA) is 41.1 Å². The van der Waals surface area contributed by atoms with Crippen LogP contribution in [0.5, 0.6) is 0 Å². The zero-order chi connectivity index (χ0) is 14.7. The molecule has 0 radical (unpaired) electrons. The molecule has 112 valence electrons. The number of amides is 1. The van der Waals surface area contributed by atoms with Gasteiger partial charge in [-0.05, 0) is 32.6 Å². The maximum absolute atomic E-state index is 12.5. The fourth-order valence-corrected chi connectivity index (χ4v) is 2.17. The van der Waals surface area contributed by atoms with Gasteiger partial charge in [0, 0.05) is 12.1 Å². The summed E-state index contributed by atoms with van der Waals surface area (Å²) < 4.78 is 37.5. The average molecular weight is 280 g/mol. The van der Waals surface area contributed by atoms with Crippen LogP contribution in [0.1, 0.15) is 46.5 Å². The van der Waals surface area contributed by atoms with E-state index in [-0.39, 0.29) is 30.8 Å². The molecule has 19 heavy (non-hydrogen) atoms. The molecule has 2 unspecified atom stereocenters. The molecule has 1 rings (SSSR count). The molecule has 1 aliphatic rings. The van der Waals surface area contributed by atoms with E-state index in [1.54, 1.807) is 0 Å². The highest BCUT2D eigenvalue weighted by atomic mass is 19.4. The highest BCUT2D eigenvalue weighted by Crippen LogP contribution is 2.32. The summed E-state index contributed by atoms with van der Waals surface area (Å²) in [7, 11) is 0. The Labute approximate surface area is 112 Å². The van der Waals surface area contributed by atoms with E-state index in [0.29, 0.717) is 0 Å². The van der Waals surface area contributed by atoms with Crippen molar-refractivity contribution < 1.29 is 18.0 Å². The number of nitrogens with one attached hydrogen (secondary N) is 2. The standard InChI is InChI=1S/C13H23F3N2O/c1-4-12(3,5-2)18-11(19)10-7-6-9(8-17-10)13(14,15)16/h9-10,17H,4-8H2,1-3H3,(H,18,19). The minimum Gasteiger partial charge on any atom is -0.350 e. The first kappa shape index (κ1) is 16.3. The summed E-state index contributed by atoms with van der Waals surface area (Å²) in [5.74, 6) is -1.52. The van der Waals surface area contributed by atoms with Crippen molar-refractivity contribution in [3.8, 4) is 0 Å². The maximum Gasteiger partial charge on any atom is 0.393 e. The van der Waals surface area contributed by atoms with E-state index in [1.807, 2.05) is 20.8 Å². The van der Waals surface area contributed by atoms with E-state index >= 15 is 0 Å². The molecule has 1 aliphatic heterocycles. The second-order valence-electron chi connectivity index (χ2n) is 5.53. The molecule has 0 saturated carbocycles. The van der Waals surface area contributed by atoms with Crippen LogP contribution >= 0.6 is 0 Å². The van der Waals surface area contributed by atoms with Crippen LogP contribution in [-0.2, 0) is 4.79 Å². The van der Waals surface area contributed by atoms with Gasteiger partial charge in [-0.1, -0.05) is 13.8 Å². The van der Waals surface area contributed by atoms with Crippen molar-refractivity contribution in [3.05, 3.63) is 0 Å². The molecule has 0 aromatic rings. The largest absolute Gasteiger partial charge is 0.393 e. The summed E-state index contributed by atoms with van der Waals surface area (Å²) >= 11 is 0. The highest BCUT2D eigenvalue weighted by molar-refractivity contribution is 5.82. The lowest BCUT2D eigenvalue weighted by atomic mass is 9.91. The Morgan fingerprint density at radius 1 is 1.26 bits per heavy atom.